The van der Waals surface area contributed by atoms with Gasteiger partial charge in [0.25, 0.3) is 0 Å². The molecule has 0 aromatic heterocycles. The first-order valence-electron chi connectivity index (χ1n) is 6.38. The van der Waals surface area contributed by atoms with E-state index in [1.807, 2.05) is 24.3 Å². The lowest BCUT2D eigenvalue weighted by Crippen LogP contribution is -2.43. The SMILES string of the molecule is COCC(O)CN(C)C(=O)C1Cc2ccccc2N1. The summed E-state index contributed by atoms with van der Waals surface area (Å²) in [5.74, 6) is -0.00801. The van der Waals surface area contributed by atoms with Crippen molar-refractivity contribution >= 4 is 11.6 Å². The number of amides is 1. The third-order valence-corrected chi connectivity index (χ3v) is 3.29. The molecule has 5 nitrogen and oxygen atoms in total. The van der Waals surface area contributed by atoms with E-state index in [0.717, 1.165) is 11.3 Å². The maximum absolute atomic E-state index is 12.3. The highest BCUT2D eigenvalue weighted by atomic mass is 16.5. The molecule has 1 heterocycles. The van der Waals surface area contributed by atoms with Gasteiger partial charge in [0.2, 0.25) is 5.91 Å². The Morgan fingerprint density at radius 3 is 3.00 bits per heavy atom. The number of methoxy groups -OCH3 is 1. The van der Waals surface area contributed by atoms with Gasteiger partial charge in [-0.3, -0.25) is 4.79 Å². The van der Waals surface area contributed by atoms with Crippen molar-refractivity contribution in [3.8, 4) is 0 Å². The van der Waals surface area contributed by atoms with Crippen molar-refractivity contribution in [3.63, 3.8) is 0 Å². The van der Waals surface area contributed by atoms with E-state index >= 15 is 0 Å². The second-order valence-electron chi connectivity index (χ2n) is 4.89. The number of hydrogen-bond acceptors (Lipinski definition) is 4. The van der Waals surface area contributed by atoms with E-state index in [1.54, 1.807) is 11.9 Å². The summed E-state index contributed by atoms with van der Waals surface area (Å²) in [6, 6.07) is 7.68. The Balaban J connectivity index is 1.91. The third-order valence-electron chi connectivity index (χ3n) is 3.29. The minimum Gasteiger partial charge on any atom is -0.389 e. The number of fused-ring (bicyclic) bond motifs is 1. The van der Waals surface area contributed by atoms with E-state index in [1.165, 1.54) is 7.11 Å². The Morgan fingerprint density at radius 1 is 1.58 bits per heavy atom. The van der Waals surface area contributed by atoms with Crippen LogP contribution < -0.4 is 5.32 Å². The molecule has 0 fully saturated rings. The smallest absolute Gasteiger partial charge is 0.245 e. The number of anilines is 1. The molecule has 1 amide bonds. The maximum atomic E-state index is 12.3. The Morgan fingerprint density at radius 2 is 2.32 bits per heavy atom. The van der Waals surface area contributed by atoms with Gasteiger partial charge in [-0.15, -0.1) is 0 Å². The number of hydrogen-bond donors (Lipinski definition) is 2. The van der Waals surface area contributed by atoms with Crippen molar-refractivity contribution in [2.24, 2.45) is 0 Å². The lowest BCUT2D eigenvalue weighted by Gasteiger charge is -2.23. The van der Waals surface area contributed by atoms with Crippen molar-refractivity contribution < 1.29 is 14.6 Å². The number of nitrogens with zero attached hydrogens (tertiary/aromatic N) is 1. The van der Waals surface area contributed by atoms with Gasteiger partial charge >= 0.3 is 0 Å². The van der Waals surface area contributed by atoms with Crippen LogP contribution in [0.15, 0.2) is 24.3 Å². The van der Waals surface area contributed by atoms with Crippen LogP contribution in [0, 0.1) is 0 Å². The third kappa shape index (κ3) is 3.24. The van der Waals surface area contributed by atoms with Crippen LogP contribution in [0.5, 0.6) is 0 Å². The number of carbonyl (C=O) groups excluding carboxylic acids is 1. The van der Waals surface area contributed by atoms with Gasteiger partial charge in [0.15, 0.2) is 0 Å². The number of aliphatic hydroxyl groups excluding tert-OH is 1. The minimum atomic E-state index is -0.650. The molecular formula is C14H20N2O3. The van der Waals surface area contributed by atoms with E-state index < -0.39 is 6.10 Å². The van der Waals surface area contributed by atoms with Crippen molar-refractivity contribution in [1.82, 2.24) is 4.90 Å². The molecule has 2 atom stereocenters. The lowest BCUT2D eigenvalue weighted by atomic mass is 10.1. The van der Waals surface area contributed by atoms with Crippen LogP contribution >= 0.6 is 0 Å². The normalized spacial score (nSPS) is 18.6. The van der Waals surface area contributed by atoms with Crippen LogP contribution in [0.4, 0.5) is 5.69 Å². The first-order valence-corrected chi connectivity index (χ1v) is 6.38. The highest BCUT2D eigenvalue weighted by Crippen LogP contribution is 2.25. The van der Waals surface area contributed by atoms with Crippen molar-refractivity contribution in [3.05, 3.63) is 29.8 Å². The molecule has 2 N–H and O–H groups in total. The van der Waals surface area contributed by atoms with E-state index in [9.17, 15) is 9.90 Å². The molecule has 1 aliphatic heterocycles. The molecule has 2 rings (SSSR count). The summed E-state index contributed by atoms with van der Waals surface area (Å²) < 4.78 is 4.86. The van der Waals surface area contributed by atoms with Crippen LogP contribution in [0.3, 0.4) is 0 Å². The van der Waals surface area contributed by atoms with Crippen LogP contribution in [0.25, 0.3) is 0 Å². The average molecular weight is 264 g/mol. The summed E-state index contributed by atoms with van der Waals surface area (Å²) in [5, 5.41) is 12.9. The number of nitrogens with one attached hydrogen (secondary N) is 1. The highest BCUT2D eigenvalue weighted by molar-refractivity contribution is 5.87. The molecule has 0 spiro atoms. The van der Waals surface area contributed by atoms with E-state index in [-0.39, 0.29) is 25.1 Å². The predicted molar refractivity (Wildman–Crippen MR) is 73.1 cm³/mol. The first-order chi connectivity index (χ1) is 9.11. The van der Waals surface area contributed by atoms with E-state index in [4.69, 9.17) is 4.74 Å². The second kappa shape index (κ2) is 6.04. The zero-order valence-electron chi connectivity index (χ0n) is 11.3. The van der Waals surface area contributed by atoms with E-state index in [0.29, 0.717) is 6.42 Å². The summed E-state index contributed by atoms with van der Waals surface area (Å²) in [6.45, 7) is 0.511. The zero-order chi connectivity index (χ0) is 13.8. The maximum Gasteiger partial charge on any atom is 0.245 e. The van der Waals surface area contributed by atoms with Crippen LogP contribution in [0.1, 0.15) is 5.56 Å². The van der Waals surface area contributed by atoms with Gasteiger partial charge in [-0.25, -0.2) is 0 Å². The molecule has 104 valence electrons. The zero-order valence-corrected chi connectivity index (χ0v) is 11.3. The number of ether oxygens (including phenoxy) is 1. The molecule has 0 bridgehead atoms. The number of benzene rings is 1. The number of aliphatic hydroxyl groups is 1. The van der Waals surface area contributed by atoms with Gasteiger partial charge in [-0.1, -0.05) is 18.2 Å². The summed E-state index contributed by atoms with van der Waals surface area (Å²) in [6.07, 6.45) is 0.0439. The number of rotatable bonds is 5. The van der Waals surface area contributed by atoms with Crippen LogP contribution in [0.2, 0.25) is 0 Å². The summed E-state index contributed by atoms with van der Waals surface area (Å²) >= 11 is 0. The second-order valence-corrected chi connectivity index (χ2v) is 4.89. The summed E-state index contributed by atoms with van der Waals surface area (Å²) in [4.78, 5) is 13.8. The number of likely N-dealkylation sites (N-methyl/N-ethyl adjacent to an activating group) is 1. The van der Waals surface area contributed by atoms with Crippen molar-refractivity contribution in [1.29, 1.82) is 0 Å². The molecule has 0 saturated carbocycles. The molecule has 19 heavy (non-hydrogen) atoms. The van der Waals surface area contributed by atoms with Crippen LogP contribution in [-0.2, 0) is 16.0 Å². The van der Waals surface area contributed by atoms with Crippen molar-refractivity contribution in [2.75, 3.05) is 32.6 Å². The lowest BCUT2D eigenvalue weighted by molar-refractivity contribution is -0.132. The molecule has 1 aromatic carbocycles. The highest BCUT2D eigenvalue weighted by Gasteiger charge is 2.29. The fourth-order valence-corrected chi connectivity index (χ4v) is 2.36. The molecule has 5 heteroatoms. The van der Waals surface area contributed by atoms with Crippen molar-refractivity contribution in [2.45, 2.75) is 18.6 Å². The van der Waals surface area contributed by atoms with Gasteiger partial charge in [-0.2, -0.15) is 0 Å². The summed E-state index contributed by atoms with van der Waals surface area (Å²) in [5.41, 5.74) is 2.18. The molecule has 0 aliphatic carbocycles. The topological polar surface area (TPSA) is 61.8 Å². The number of carbonyl (C=O) groups is 1. The minimum absolute atomic E-state index is 0.00801. The van der Waals surface area contributed by atoms with Gasteiger partial charge in [0.05, 0.1) is 12.7 Å². The molecule has 1 aromatic rings. The molecular weight excluding hydrogens is 244 g/mol. The van der Waals surface area contributed by atoms with Gasteiger partial charge in [0.1, 0.15) is 6.04 Å². The monoisotopic (exact) mass is 264 g/mol. The average Bonchev–Trinajstić information content (AvgIpc) is 2.81. The fourth-order valence-electron chi connectivity index (χ4n) is 2.36. The standard InChI is InChI=1S/C14H20N2O3/c1-16(8-11(17)9-19-2)14(18)13-7-10-5-3-4-6-12(10)15-13/h3-6,11,13,15,17H,7-9H2,1-2H3. The van der Waals surface area contributed by atoms with Gasteiger partial charge < -0.3 is 20.1 Å². The molecule has 2 unspecified atom stereocenters. The van der Waals surface area contributed by atoms with Gasteiger partial charge in [0, 0.05) is 32.8 Å². The molecule has 0 radical (unpaired) electrons. The summed E-state index contributed by atoms with van der Waals surface area (Å²) in [7, 11) is 3.23. The Kier molecular flexibility index (Phi) is 4.39. The fraction of sp³-hybridized carbons (Fsp3) is 0.500. The quantitative estimate of drug-likeness (QED) is 0.812. The number of para-hydroxylation sites is 1. The molecule has 1 aliphatic rings. The molecule has 0 saturated heterocycles. The Hall–Kier alpha value is -1.59. The first kappa shape index (κ1) is 13.8. The Labute approximate surface area is 113 Å². The largest absolute Gasteiger partial charge is 0.389 e. The van der Waals surface area contributed by atoms with E-state index in [2.05, 4.69) is 5.32 Å². The van der Waals surface area contributed by atoms with Gasteiger partial charge in [-0.05, 0) is 11.6 Å². The predicted octanol–water partition coefficient (Wildman–Crippen LogP) is 0.489. The Bertz CT molecular complexity index is 425. The van der Waals surface area contributed by atoms with Crippen LogP contribution in [-0.4, -0.2) is 55.4 Å².